The van der Waals surface area contributed by atoms with Crippen molar-refractivity contribution < 1.29 is 23.8 Å². The highest BCUT2D eigenvalue weighted by molar-refractivity contribution is 8.07. The van der Waals surface area contributed by atoms with Crippen molar-refractivity contribution in [1.82, 2.24) is 9.55 Å². The maximum Gasteiger partial charge on any atom is 0.330 e. The molecule has 1 aromatic heterocycles. The lowest BCUT2D eigenvalue weighted by Crippen LogP contribution is -2.39. The van der Waals surface area contributed by atoms with E-state index in [1.165, 1.54) is 6.20 Å². The van der Waals surface area contributed by atoms with Crippen LogP contribution < -0.4 is 11.2 Å². The Morgan fingerprint density at radius 2 is 1.89 bits per heavy atom. The number of aromatic amines is 1. The Hall–Kier alpha value is -0.870. The molecular formula is C17H29N2O7PS. The molecule has 1 aliphatic rings. The predicted octanol–water partition coefficient (Wildman–Crippen LogP) is 1.65. The van der Waals surface area contributed by atoms with Crippen LogP contribution in [0.2, 0.25) is 0 Å². The number of aliphatic hydroxyl groups excluding tert-OH is 1. The second-order valence-corrected chi connectivity index (χ2v) is 11.8. The Bertz CT molecular complexity index is 855. The average molecular weight is 436 g/mol. The van der Waals surface area contributed by atoms with Gasteiger partial charge >= 0.3 is 12.4 Å². The van der Waals surface area contributed by atoms with E-state index < -0.39 is 48.1 Å². The SMILES string of the molecule is CC(C)(C)C[C@H]1O[C@@H](n2ccc(=O)[nH]c2=O)C(O)C1OP(O)(=S)OC(C)(C)C. The van der Waals surface area contributed by atoms with Crippen molar-refractivity contribution in [3.8, 4) is 0 Å². The van der Waals surface area contributed by atoms with E-state index in [4.69, 9.17) is 25.6 Å². The lowest BCUT2D eigenvalue weighted by molar-refractivity contribution is -0.0500. The molecule has 2 rings (SSSR count). The van der Waals surface area contributed by atoms with Gasteiger partial charge in [-0.2, -0.15) is 0 Å². The monoisotopic (exact) mass is 436 g/mol. The molecule has 160 valence electrons. The molecule has 3 N–H and O–H groups in total. The zero-order chi connectivity index (χ0) is 21.5. The first-order valence-corrected chi connectivity index (χ1v) is 11.5. The minimum absolute atomic E-state index is 0.195. The molecule has 0 aromatic carbocycles. The maximum atomic E-state index is 12.1. The van der Waals surface area contributed by atoms with Gasteiger partial charge in [0.1, 0.15) is 12.2 Å². The van der Waals surface area contributed by atoms with Crippen LogP contribution in [-0.4, -0.2) is 43.5 Å². The van der Waals surface area contributed by atoms with Gasteiger partial charge in [-0.25, -0.2) is 4.79 Å². The van der Waals surface area contributed by atoms with Gasteiger partial charge in [-0.1, -0.05) is 20.8 Å². The number of H-pyrrole nitrogens is 1. The minimum atomic E-state index is -3.69. The van der Waals surface area contributed by atoms with Crippen LogP contribution in [0.4, 0.5) is 0 Å². The Labute approximate surface area is 168 Å². The van der Waals surface area contributed by atoms with Gasteiger partial charge in [0.2, 0.25) is 0 Å². The van der Waals surface area contributed by atoms with Gasteiger partial charge < -0.3 is 19.3 Å². The Morgan fingerprint density at radius 1 is 1.29 bits per heavy atom. The Morgan fingerprint density at radius 3 is 2.39 bits per heavy atom. The van der Waals surface area contributed by atoms with E-state index in [0.717, 1.165) is 10.6 Å². The van der Waals surface area contributed by atoms with Gasteiger partial charge in [-0.05, 0) is 44.4 Å². The van der Waals surface area contributed by atoms with E-state index in [2.05, 4.69) is 4.98 Å². The van der Waals surface area contributed by atoms with Crippen LogP contribution in [0.5, 0.6) is 0 Å². The molecule has 11 heteroatoms. The first-order chi connectivity index (χ1) is 12.6. The summed E-state index contributed by atoms with van der Waals surface area (Å²) >= 11 is 5.11. The molecule has 0 radical (unpaired) electrons. The van der Waals surface area contributed by atoms with E-state index in [1.807, 2.05) is 20.8 Å². The summed E-state index contributed by atoms with van der Waals surface area (Å²) in [6, 6.07) is 1.16. The first kappa shape index (κ1) is 23.4. The van der Waals surface area contributed by atoms with Gasteiger partial charge in [0, 0.05) is 12.3 Å². The number of aliphatic hydroxyl groups is 1. The molecule has 0 bridgehead atoms. The maximum absolute atomic E-state index is 12.1. The molecule has 1 saturated heterocycles. The van der Waals surface area contributed by atoms with Gasteiger partial charge in [-0.15, -0.1) is 0 Å². The summed E-state index contributed by atoms with van der Waals surface area (Å²) in [7, 11) is 0. The molecule has 0 saturated carbocycles. The van der Waals surface area contributed by atoms with Crippen molar-refractivity contribution in [3.05, 3.63) is 33.1 Å². The normalized spacial score (nSPS) is 28.3. The summed E-state index contributed by atoms with van der Waals surface area (Å²) in [5.74, 6) is 0. The van der Waals surface area contributed by atoms with E-state index in [1.54, 1.807) is 20.8 Å². The van der Waals surface area contributed by atoms with E-state index in [-0.39, 0.29) is 5.41 Å². The molecule has 1 aliphatic heterocycles. The topological polar surface area (TPSA) is 123 Å². The molecule has 28 heavy (non-hydrogen) atoms. The highest BCUT2D eigenvalue weighted by atomic mass is 32.5. The summed E-state index contributed by atoms with van der Waals surface area (Å²) in [6.07, 6.45) is -2.38. The number of hydrogen-bond donors (Lipinski definition) is 3. The number of ether oxygens (including phenoxy) is 1. The van der Waals surface area contributed by atoms with Crippen LogP contribution in [0.25, 0.3) is 0 Å². The second-order valence-electron chi connectivity index (χ2n) is 9.08. The highest BCUT2D eigenvalue weighted by Crippen LogP contribution is 2.52. The average Bonchev–Trinajstić information content (AvgIpc) is 2.71. The number of rotatable bonds is 5. The quantitative estimate of drug-likeness (QED) is 0.596. The lowest BCUT2D eigenvalue weighted by atomic mass is 9.87. The van der Waals surface area contributed by atoms with Crippen molar-refractivity contribution in [2.24, 2.45) is 5.41 Å². The summed E-state index contributed by atoms with van der Waals surface area (Å²) < 4.78 is 18.1. The molecule has 0 aliphatic carbocycles. The van der Waals surface area contributed by atoms with Gasteiger partial charge in [0.05, 0.1) is 11.7 Å². The smallest absolute Gasteiger partial charge is 0.330 e. The molecule has 9 nitrogen and oxygen atoms in total. The summed E-state index contributed by atoms with van der Waals surface area (Å²) in [6.45, 7) is 7.45. The van der Waals surface area contributed by atoms with Crippen molar-refractivity contribution in [2.45, 2.75) is 78.1 Å². The van der Waals surface area contributed by atoms with Crippen molar-refractivity contribution in [1.29, 1.82) is 0 Å². The fraction of sp³-hybridized carbons (Fsp3) is 0.765. The van der Waals surface area contributed by atoms with Crippen LogP contribution >= 0.6 is 6.72 Å². The first-order valence-electron chi connectivity index (χ1n) is 8.95. The van der Waals surface area contributed by atoms with Gasteiger partial charge in [-0.3, -0.25) is 18.9 Å². The standard InChI is InChI=1S/C17H29N2O7PS/c1-16(2,3)9-10-13(25-27(23,28)26-17(4,5)6)12(21)14(24-10)19-8-7-11(20)18-15(19)22/h7-8,10,12-14,21H,9H2,1-6H3,(H,23,28)(H,18,20,22)/t10-,12?,13?,14-,27?/m1/s1. The second kappa shape index (κ2) is 8.10. The Balaban J connectivity index is 2.35. The van der Waals surface area contributed by atoms with Crippen LogP contribution in [-0.2, 0) is 25.6 Å². The third-order valence-corrected chi connectivity index (χ3v) is 5.66. The van der Waals surface area contributed by atoms with Crippen molar-refractivity contribution >= 4 is 18.5 Å². The minimum Gasteiger partial charge on any atom is -0.386 e. The third-order valence-electron chi connectivity index (χ3n) is 3.89. The number of nitrogens with one attached hydrogen (secondary N) is 1. The number of hydrogen-bond acceptors (Lipinski definition) is 7. The van der Waals surface area contributed by atoms with Crippen molar-refractivity contribution in [3.63, 3.8) is 0 Å². The predicted molar refractivity (Wildman–Crippen MR) is 108 cm³/mol. The number of nitrogens with zero attached hydrogens (tertiary/aromatic N) is 1. The highest BCUT2D eigenvalue weighted by Gasteiger charge is 2.49. The van der Waals surface area contributed by atoms with E-state index in [0.29, 0.717) is 6.42 Å². The van der Waals surface area contributed by atoms with Crippen LogP contribution in [0, 0.1) is 5.41 Å². The number of aromatic nitrogens is 2. The van der Waals surface area contributed by atoms with Crippen LogP contribution in [0.3, 0.4) is 0 Å². The third kappa shape index (κ3) is 6.32. The lowest BCUT2D eigenvalue weighted by Gasteiger charge is -2.31. The molecule has 1 fully saturated rings. The molecule has 0 spiro atoms. The molecular weight excluding hydrogens is 407 g/mol. The molecule has 5 atom stereocenters. The molecule has 0 amide bonds. The largest absolute Gasteiger partial charge is 0.386 e. The molecule has 2 heterocycles. The van der Waals surface area contributed by atoms with Gasteiger partial charge in [0.25, 0.3) is 5.56 Å². The zero-order valence-electron chi connectivity index (χ0n) is 16.9. The van der Waals surface area contributed by atoms with Gasteiger partial charge in [0.15, 0.2) is 6.23 Å². The van der Waals surface area contributed by atoms with E-state index in [9.17, 15) is 19.6 Å². The van der Waals surface area contributed by atoms with E-state index >= 15 is 0 Å². The van der Waals surface area contributed by atoms with Crippen LogP contribution in [0.15, 0.2) is 21.9 Å². The molecule has 1 aromatic rings. The molecule has 3 unspecified atom stereocenters. The summed E-state index contributed by atoms with van der Waals surface area (Å²) in [4.78, 5) is 36.1. The zero-order valence-corrected chi connectivity index (χ0v) is 18.6. The van der Waals surface area contributed by atoms with Crippen LogP contribution in [0.1, 0.15) is 54.2 Å². The Kier molecular flexibility index (Phi) is 6.77. The fourth-order valence-electron chi connectivity index (χ4n) is 3.00. The fourth-order valence-corrected chi connectivity index (χ4v) is 5.27. The summed E-state index contributed by atoms with van der Waals surface area (Å²) in [5.41, 5.74) is -2.22. The summed E-state index contributed by atoms with van der Waals surface area (Å²) in [5, 5.41) is 10.8. The van der Waals surface area contributed by atoms with Crippen molar-refractivity contribution in [2.75, 3.05) is 0 Å².